The third-order valence-corrected chi connectivity index (χ3v) is 3.94. The average Bonchev–Trinajstić information content (AvgIpc) is 2.70. The highest BCUT2D eigenvalue weighted by atomic mass is 79.9. The monoisotopic (exact) mass is 339 g/mol. The van der Waals surface area contributed by atoms with Crippen molar-refractivity contribution in [1.29, 1.82) is 0 Å². The molecule has 0 aliphatic carbocycles. The van der Waals surface area contributed by atoms with Gasteiger partial charge in [-0.25, -0.2) is 0 Å². The lowest BCUT2D eigenvalue weighted by Gasteiger charge is -2.07. The fourth-order valence-corrected chi connectivity index (χ4v) is 2.31. The fraction of sp³-hybridized carbons (Fsp3) is 0.231. The van der Waals surface area contributed by atoms with Crippen molar-refractivity contribution in [2.75, 3.05) is 0 Å². The molecule has 0 aliphatic rings. The number of halogens is 1. The van der Waals surface area contributed by atoms with Crippen molar-refractivity contribution in [1.82, 2.24) is 15.1 Å². The highest BCUT2D eigenvalue weighted by Gasteiger charge is 2.11. The van der Waals surface area contributed by atoms with Gasteiger partial charge in [0.2, 0.25) is 0 Å². The van der Waals surface area contributed by atoms with E-state index in [1.807, 2.05) is 26.1 Å². The Labute approximate surface area is 125 Å². The van der Waals surface area contributed by atoms with E-state index in [4.69, 9.17) is 0 Å². The zero-order chi connectivity index (χ0) is 14.0. The van der Waals surface area contributed by atoms with Crippen LogP contribution in [-0.4, -0.2) is 15.7 Å². The van der Waals surface area contributed by atoms with Crippen molar-refractivity contribution in [3.63, 3.8) is 0 Å². The Balaban J connectivity index is 2.09. The Morgan fingerprint density at radius 2 is 2.26 bits per heavy atom. The summed E-state index contributed by atoms with van der Waals surface area (Å²) in [5, 5.41) is 7.02. The summed E-state index contributed by atoms with van der Waals surface area (Å²) in [5.41, 5.74) is 2.63. The molecular formula is C13H14BrN3OS. The summed E-state index contributed by atoms with van der Waals surface area (Å²) in [6.45, 7) is 2.43. The molecule has 0 radical (unpaired) electrons. The summed E-state index contributed by atoms with van der Waals surface area (Å²) < 4.78 is 2.54. The second-order valence-electron chi connectivity index (χ2n) is 4.23. The summed E-state index contributed by atoms with van der Waals surface area (Å²) in [6.07, 6.45) is 1.76. The molecule has 19 heavy (non-hydrogen) atoms. The van der Waals surface area contributed by atoms with E-state index in [0.717, 1.165) is 20.6 Å². The van der Waals surface area contributed by atoms with Crippen LogP contribution < -0.4 is 5.32 Å². The lowest BCUT2D eigenvalue weighted by Crippen LogP contribution is -2.23. The SMILES string of the molecule is Cc1c(CNC(=O)c2cc(S)ccc2Br)cnn1C. The Morgan fingerprint density at radius 1 is 1.53 bits per heavy atom. The van der Waals surface area contributed by atoms with Crippen LogP contribution in [-0.2, 0) is 13.6 Å². The molecule has 1 N–H and O–H groups in total. The van der Waals surface area contributed by atoms with E-state index in [1.54, 1.807) is 16.9 Å². The van der Waals surface area contributed by atoms with E-state index in [0.29, 0.717) is 12.1 Å². The third-order valence-electron chi connectivity index (χ3n) is 2.97. The highest BCUT2D eigenvalue weighted by molar-refractivity contribution is 9.10. The smallest absolute Gasteiger partial charge is 0.252 e. The number of hydrogen-bond acceptors (Lipinski definition) is 3. The number of nitrogens with zero attached hydrogens (tertiary/aromatic N) is 2. The first-order valence-electron chi connectivity index (χ1n) is 5.73. The Morgan fingerprint density at radius 3 is 2.89 bits per heavy atom. The molecule has 1 aromatic heterocycles. The van der Waals surface area contributed by atoms with Crippen LogP contribution >= 0.6 is 28.6 Å². The lowest BCUT2D eigenvalue weighted by molar-refractivity contribution is 0.0950. The van der Waals surface area contributed by atoms with Crippen LogP contribution in [0, 0.1) is 6.92 Å². The molecule has 0 unspecified atom stereocenters. The Kier molecular flexibility index (Phi) is 4.31. The molecule has 0 saturated carbocycles. The molecule has 0 fully saturated rings. The molecule has 0 aliphatic heterocycles. The maximum absolute atomic E-state index is 12.1. The molecule has 1 amide bonds. The number of rotatable bonds is 3. The Hall–Kier alpha value is -1.27. The van der Waals surface area contributed by atoms with Gasteiger partial charge in [0.15, 0.2) is 0 Å². The van der Waals surface area contributed by atoms with Crippen LogP contribution in [0.4, 0.5) is 0 Å². The first-order valence-corrected chi connectivity index (χ1v) is 6.97. The standard InChI is InChI=1S/C13H14BrN3OS/c1-8-9(7-16-17(8)2)6-15-13(18)11-5-10(19)3-4-12(11)14/h3-5,7,19H,6H2,1-2H3,(H,15,18). The van der Waals surface area contributed by atoms with Crippen LogP contribution in [0.5, 0.6) is 0 Å². The fourth-order valence-electron chi connectivity index (χ4n) is 1.68. The highest BCUT2D eigenvalue weighted by Crippen LogP contribution is 2.20. The predicted molar refractivity (Wildman–Crippen MR) is 80.5 cm³/mol. The minimum Gasteiger partial charge on any atom is -0.348 e. The zero-order valence-electron chi connectivity index (χ0n) is 10.6. The Bertz CT molecular complexity index is 624. The molecule has 2 aromatic rings. The van der Waals surface area contributed by atoms with Crippen LogP contribution in [0.25, 0.3) is 0 Å². The number of nitrogens with one attached hydrogen (secondary N) is 1. The second-order valence-corrected chi connectivity index (χ2v) is 5.60. The van der Waals surface area contributed by atoms with Gasteiger partial charge in [-0.05, 0) is 41.1 Å². The van der Waals surface area contributed by atoms with Gasteiger partial charge in [-0.3, -0.25) is 9.48 Å². The van der Waals surface area contributed by atoms with Crippen LogP contribution in [0.3, 0.4) is 0 Å². The van der Waals surface area contributed by atoms with Crippen molar-refractivity contribution in [2.45, 2.75) is 18.4 Å². The van der Waals surface area contributed by atoms with Gasteiger partial charge < -0.3 is 5.32 Å². The third kappa shape index (κ3) is 3.19. The molecule has 0 saturated heterocycles. The van der Waals surface area contributed by atoms with E-state index in [9.17, 15) is 4.79 Å². The maximum Gasteiger partial charge on any atom is 0.252 e. The number of aromatic nitrogens is 2. The first-order chi connectivity index (χ1) is 8.99. The second kappa shape index (κ2) is 5.79. The quantitative estimate of drug-likeness (QED) is 0.844. The molecule has 0 bridgehead atoms. The summed E-state index contributed by atoms with van der Waals surface area (Å²) in [4.78, 5) is 12.9. The number of thiol groups is 1. The van der Waals surface area contributed by atoms with E-state index in [2.05, 4.69) is 39.0 Å². The number of carbonyl (C=O) groups is 1. The van der Waals surface area contributed by atoms with E-state index < -0.39 is 0 Å². The molecule has 1 heterocycles. The topological polar surface area (TPSA) is 46.9 Å². The van der Waals surface area contributed by atoms with Gasteiger partial charge in [0.05, 0.1) is 11.8 Å². The summed E-state index contributed by atoms with van der Waals surface area (Å²) >= 11 is 7.60. The van der Waals surface area contributed by atoms with Gasteiger partial charge in [-0.15, -0.1) is 12.6 Å². The minimum absolute atomic E-state index is 0.133. The van der Waals surface area contributed by atoms with Crippen molar-refractivity contribution in [3.05, 3.63) is 45.7 Å². The number of benzene rings is 1. The molecule has 4 nitrogen and oxygen atoms in total. The van der Waals surface area contributed by atoms with Gasteiger partial charge in [0.25, 0.3) is 5.91 Å². The molecule has 2 rings (SSSR count). The van der Waals surface area contributed by atoms with Crippen LogP contribution in [0.15, 0.2) is 33.8 Å². The van der Waals surface area contributed by atoms with Crippen LogP contribution in [0.1, 0.15) is 21.6 Å². The van der Waals surface area contributed by atoms with Gasteiger partial charge in [0, 0.05) is 34.2 Å². The van der Waals surface area contributed by atoms with Gasteiger partial charge in [-0.1, -0.05) is 0 Å². The van der Waals surface area contributed by atoms with Crippen LogP contribution in [0.2, 0.25) is 0 Å². The van der Waals surface area contributed by atoms with Gasteiger partial charge in [0.1, 0.15) is 0 Å². The molecule has 1 aromatic carbocycles. The summed E-state index contributed by atoms with van der Waals surface area (Å²) in [5.74, 6) is -0.133. The van der Waals surface area contributed by atoms with Crippen molar-refractivity contribution < 1.29 is 4.79 Å². The van der Waals surface area contributed by atoms with E-state index in [-0.39, 0.29) is 5.91 Å². The molecule has 0 spiro atoms. The zero-order valence-corrected chi connectivity index (χ0v) is 13.1. The number of carbonyl (C=O) groups excluding carboxylic acids is 1. The minimum atomic E-state index is -0.133. The van der Waals surface area contributed by atoms with Crippen molar-refractivity contribution >= 4 is 34.5 Å². The number of amides is 1. The maximum atomic E-state index is 12.1. The molecule has 6 heteroatoms. The largest absolute Gasteiger partial charge is 0.348 e. The predicted octanol–water partition coefficient (Wildman–Crippen LogP) is 2.71. The number of aryl methyl sites for hydroxylation is 1. The van der Waals surface area contributed by atoms with Crippen molar-refractivity contribution in [2.24, 2.45) is 7.05 Å². The van der Waals surface area contributed by atoms with E-state index >= 15 is 0 Å². The normalized spacial score (nSPS) is 10.5. The lowest BCUT2D eigenvalue weighted by atomic mass is 10.2. The summed E-state index contributed by atoms with van der Waals surface area (Å²) in [6, 6.07) is 5.38. The molecule has 100 valence electrons. The average molecular weight is 340 g/mol. The van der Waals surface area contributed by atoms with Gasteiger partial charge in [-0.2, -0.15) is 5.10 Å². The number of hydrogen-bond donors (Lipinski definition) is 2. The molecular weight excluding hydrogens is 326 g/mol. The van der Waals surface area contributed by atoms with Crippen molar-refractivity contribution in [3.8, 4) is 0 Å². The summed E-state index contributed by atoms with van der Waals surface area (Å²) in [7, 11) is 1.88. The van der Waals surface area contributed by atoms with E-state index in [1.165, 1.54) is 0 Å². The molecule has 0 atom stereocenters. The first kappa shape index (κ1) is 14.1. The van der Waals surface area contributed by atoms with Gasteiger partial charge >= 0.3 is 0 Å².